The molecule has 0 spiro atoms. The number of pyridine rings is 1. The van der Waals surface area contributed by atoms with Gasteiger partial charge in [-0.05, 0) is 43.7 Å². The molecule has 106 valence electrons. The van der Waals surface area contributed by atoms with Crippen LogP contribution in [-0.4, -0.2) is 4.98 Å². The number of halogens is 1. The number of hydrogen-bond donors (Lipinski definition) is 0. The monoisotopic (exact) mass is 281 g/mol. The SMILES string of the molecule is Cc1ccc(OCc2cc(C)nc3ccccc23)c(F)c1. The number of ether oxygens (including phenoxy) is 1. The van der Waals surface area contributed by atoms with Crippen molar-refractivity contribution in [2.75, 3.05) is 0 Å². The first-order chi connectivity index (χ1) is 10.1. The fraction of sp³-hybridized carbons (Fsp3) is 0.167. The molecule has 2 nitrogen and oxygen atoms in total. The third kappa shape index (κ3) is 2.87. The normalized spacial score (nSPS) is 10.8. The van der Waals surface area contributed by atoms with E-state index in [2.05, 4.69) is 4.98 Å². The summed E-state index contributed by atoms with van der Waals surface area (Å²) < 4.78 is 19.4. The summed E-state index contributed by atoms with van der Waals surface area (Å²) in [7, 11) is 0. The molecule has 0 bridgehead atoms. The van der Waals surface area contributed by atoms with Gasteiger partial charge in [0.2, 0.25) is 0 Å². The average molecular weight is 281 g/mol. The first-order valence-corrected chi connectivity index (χ1v) is 6.88. The Hall–Kier alpha value is -2.42. The molecular formula is C18H16FNO. The van der Waals surface area contributed by atoms with Crippen LogP contribution in [0.4, 0.5) is 4.39 Å². The van der Waals surface area contributed by atoms with Crippen LogP contribution in [0.3, 0.4) is 0 Å². The molecule has 0 saturated carbocycles. The van der Waals surface area contributed by atoms with Gasteiger partial charge < -0.3 is 4.74 Å². The molecule has 1 heterocycles. The molecule has 0 radical (unpaired) electrons. The van der Waals surface area contributed by atoms with Crippen molar-refractivity contribution in [3.8, 4) is 5.75 Å². The first kappa shape index (κ1) is 13.6. The minimum atomic E-state index is -0.329. The molecule has 0 aliphatic carbocycles. The van der Waals surface area contributed by atoms with Crippen LogP contribution in [0.5, 0.6) is 5.75 Å². The van der Waals surface area contributed by atoms with Crippen LogP contribution in [0, 0.1) is 19.7 Å². The zero-order valence-corrected chi connectivity index (χ0v) is 12.1. The lowest BCUT2D eigenvalue weighted by atomic mass is 10.1. The molecule has 2 aromatic carbocycles. The molecule has 21 heavy (non-hydrogen) atoms. The maximum Gasteiger partial charge on any atom is 0.165 e. The topological polar surface area (TPSA) is 22.1 Å². The standard InChI is InChI=1S/C18H16FNO/c1-12-7-8-18(16(19)9-12)21-11-14-10-13(2)20-17-6-4-3-5-15(14)17/h3-10H,11H2,1-2H3. The zero-order valence-electron chi connectivity index (χ0n) is 12.1. The summed E-state index contributed by atoms with van der Waals surface area (Å²) in [6.45, 7) is 4.12. The summed E-state index contributed by atoms with van der Waals surface area (Å²) in [5, 5.41) is 1.04. The van der Waals surface area contributed by atoms with E-state index in [4.69, 9.17) is 4.74 Å². The van der Waals surface area contributed by atoms with Gasteiger partial charge in [0, 0.05) is 16.6 Å². The molecule has 0 N–H and O–H groups in total. The maximum absolute atomic E-state index is 13.8. The van der Waals surface area contributed by atoms with E-state index in [1.807, 2.05) is 50.2 Å². The van der Waals surface area contributed by atoms with E-state index in [1.165, 1.54) is 6.07 Å². The largest absolute Gasteiger partial charge is 0.486 e. The summed E-state index contributed by atoms with van der Waals surface area (Å²) in [4.78, 5) is 4.49. The molecule has 0 saturated heterocycles. The number of rotatable bonds is 3. The van der Waals surface area contributed by atoms with Crippen LogP contribution in [-0.2, 0) is 6.61 Å². The summed E-state index contributed by atoms with van der Waals surface area (Å²) in [6.07, 6.45) is 0. The summed E-state index contributed by atoms with van der Waals surface area (Å²) in [6, 6.07) is 14.9. The number of fused-ring (bicyclic) bond motifs is 1. The summed E-state index contributed by atoms with van der Waals surface area (Å²) in [5.41, 5.74) is 3.75. The predicted octanol–water partition coefficient (Wildman–Crippen LogP) is 4.57. The molecule has 3 heteroatoms. The van der Waals surface area contributed by atoms with Crippen LogP contribution in [0.1, 0.15) is 16.8 Å². The van der Waals surface area contributed by atoms with Gasteiger partial charge in [-0.1, -0.05) is 24.3 Å². The Balaban J connectivity index is 1.91. The van der Waals surface area contributed by atoms with Gasteiger partial charge in [0.25, 0.3) is 0 Å². The molecule has 0 amide bonds. The molecule has 1 aromatic heterocycles. The Morgan fingerprint density at radius 2 is 1.86 bits per heavy atom. The lowest BCUT2D eigenvalue weighted by molar-refractivity contribution is 0.291. The molecule has 0 aliphatic heterocycles. The Labute approximate surface area is 123 Å². The fourth-order valence-electron chi connectivity index (χ4n) is 2.39. The molecular weight excluding hydrogens is 265 g/mol. The maximum atomic E-state index is 13.8. The highest BCUT2D eigenvalue weighted by Gasteiger charge is 2.07. The minimum absolute atomic E-state index is 0.277. The second-order valence-electron chi connectivity index (χ2n) is 5.16. The van der Waals surface area contributed by atoms with Gasteiger partial charge in [-0.25, -0.2) is 4.39 Å². The van der Waals surface area contributed by atoms with Crippen LogP contribution in [0.15, 0.2) is 48.5 Å². The fourth-order valence-corrected chi connectivity index (χ4v) is 2.39. The van der Waals surface area contributed by atoms with E-state index in [1.54, 1.807) is 6.07 Å². The van der Waals surface area contributed by atoms with Crippen molar-refractivity contribution >= 4 is 10.9 Å². The Kier molecular flexibility index (Phi) is 3.57. The number of para-hydroxylation sites is 1. The van der Waals surface area contributed by atoms with Gasteiger partial charge in [0.15, 0.2) is 11.6 Å². The summed E-state index contributed by atoms with van der Waals surface area (Å²) >= 11 is 0. The Morgan fingerprint density at radius 3 is 2.67 bits per heavy atom. The van der Waals surface area contributed by atoms with Crippen molar-refractivity contribution in [1.29, 1.82) is 0 Å². The summed E-state index contributed by atoms with van der Waals surface area (Å²) in [5.74, 6) is -0.0516. The molecule has 3 rings (SSSR count). The lowest BCUT2D eigenvalue weighted by Gasteiger charge is -2.11. The number of aryl methyl sites for hydroxylation is 2. The van der Waals surface area contributed by atoms with Crippen LogP contribution in [0.2, 0.25) is 0 Å². The third-order valence-electron chi connectivity index (χ3n) is 3.40. The van der Waals surface area contributed by atoms with Gasteiger partial charge in [0.05, 0.1) is 5.52 Å². The number of benzene rings is 2. The van der Waals surface area contributed by atoms with E-state index in [0.717, 1.165) is 27.7 Å². The van der Waals surface area contributed by atoms with Crippen molar-refractivity contribution in [1.82, 2.24) is 4.98 Å². The highest BCUT2D eigenvalue weighted by Crippen LogP contribution is 2.22. The lowest BCUT2D eigenvalue weighted by Crippen LogP contribution is -2.00. The highest BCUT2D eigenvalue weighted by molar-refractivity contribution is 5.82. The van der Waals surface area contributed by atoms with Gasteiger partial charge >= 0.3 is 0 Å². The molecule has 0 unspecified atom stereocenters. The van der Waals surface area contributed by atoms with Crippen molar-refractivity contribution in [2.45, 2.75) is 20.5 Å². The molecule has 0 aliphatic rings. The average Bonchev–Trinajstić information content (AvgIpc) is 2.46. The molecule has 0 fully saturated rings. The zero-order chi connectivity index (χ0) is 14.8. The quantitative estimate of drug-likeness (QED) is 0.701. The second-order valence-corrected chi connectivity index (χ2v) is 5.16. The molecule has 0 atom stereocenters. The number of aromatic nitrogens is 1. The van der Waals surface area contributed by atoms with E-state index in [0.29, 0.717) is 6.61 Å². The van der Waals surface area contributed by atoms with Gasteiger partial charge in [-0.15, -0.1) is 0 Å². The number of nitrogens with zero attached hydrogens (tertiary/aromatic N) is 1. The van der Waals surface area contributed by atoms with E-state index in [9.17, 15) is 4.39 Å². The first-order valence-electron chi connectivity index (χ1n) is 6.88. The smallest absolute Gasteiger partial charge is 0.165 e. The highest BCUT2D eigenvalue weighted by atomic mass is 19.1. The van der Waals surface area contributed by atoms with Crippen molar-refractivity contribution in [3.05, 3.63) is 71.2 Å². The minimum Gasteiger partial charge on any atom is -0.486 e. The Morgan fingerprint density at radius 1 is 1.05 bits per heavy atom. The van der Waals surface area contributed by atoms with E-state index in [-0.39, 0.29) is 11.6 Å². The molecule has 3 aromatic rings. The van der Waals surface area contributed by atoms with E-state index >= 15 is 0 Å². The van der Waals surface area contributed by atoms with Gasteiger partial charge in [-0.3, -0.25) is 4.98 Å². The van der Waals surface area contributed by atoms with E-state index < -0.39 is 0 Å². The van der Waals surface area contributed by atoms with Crippen molar-refractivity contribution < 1.29 is 9.13 Å². The van der Waals surface area contributed by atoms with Gasteiger partial charge in [0.1, 0.15) is 6.61 Å². The second kappa shape index (κ2) is 5.52. The van der Waals surface area contributed by atoms with Crippen molar-refractivity contribution in [2.24, 2.45) is 0 Å². The predicted molar refractivity (Wildman–Crippen MR) is 81.9 cm³/mol. The number of hydrogen-bond acceptors (Lipinski definition) is 2. The van der Waals surface area contributed by atoms with Crippen LogP contribution >= 0.6 is 0 Å². The Bertz CT molecular complexity index is 798. The van der Waals surface area contributed by atoms with Crippen molar-refractivity contribution in [3.63, 3.8) is 0 Å². The van der Waals surface area contributed by atoms with Crippen LogP contribution in [0.25, 0.3) is 10.9 Å². The third-order valence-corrected chi connectivity index (χ3v) is 3.40. The van der Waals surface area contributed by atoms with Gasteiger partial charge in [-0.2, -0.15) is 0 Å². The van der Waals surface area contributed by atoms with Crippen LogP contribution < -0.4 is 4.74 Å².